The van der Waals surface area contributed by atoms with Crippen LogP contribution in [0.15, 0.2) is 24.3 Å². The minimum absolute atomic E-state index is 0. The summed E-state index contributed by atoms with van der Waals surface area (Å²) in [6.45, 7) is 4.05. The molecule has 0 spiro atoms. The van der Waals surface area contributed by atoms with Crippen molar-refractivity contribution in [3.05, 3.63) is 29.8 Å². The highest BCUT2D eigenvalue weighted by molar-refractivity contribution is 5.92. The van der Waals surface area contributed by atoms with Crippen LogP contribution in [-0.4, -0.2) is 35.8 Å². The standard InChI is InChI=1S/C18H25N3O2.ClH/c1-13(22)21(17-8-9-17)12-14-4-6-16(7-5-14)20-18(23)15-3-2-10-19-11-15;/h4-7,15,17,19H,2-3,8-12H2,1H3,(H,20,23);1H. The molecule has 1 atom stereocenters. The zero-order chi connectivity index (χ0) is 16.2. The molecule has 6 heteroatoms. The van der Waals surface area contributed by atoms with Crippen LogP contribution in [0.2, 0.25) is 0 Å². The largest absolute Gasteiger partial charge is 0.336 e. The van der Waals surface area contributed by atoms with Gasteiger partial charge in [-0.1, -0.05) is 12.1 Å². The topological polar surface area (TPSA) is 61.4 Å². The molecule has 1 aliphatic carbocycles. The molecule has 2 N–H and O–H groups in total. The van der Waals surface area contributed by atoms with Gasteiger partial charge in [-0.2, -0.15) is 0 Å². The van der Waals surface area contributed by atoms with Crippen LogP contribution in [0, 0.1) is 5.92 Å². The van der Waals surface area contributed by atoms with Crippen molar-refractivity contribution < 1.29 is 9.59 Å². The number of nitrogens with one attached hydrogen (secondary N) is 2. The maximum absolute atomic E-state index is 12.2. The quantitative estimate of drug-likeness (QED) is 0.857. The van der Waals surface area contributed by atoms with Gasteiger partial charge in [-0.3, -0.25) is 9.59 Å². The van der Waals surface area contributed by atoms with E-state index in [0.29, 0.717) is 12.6 Å². The molecule has 0 bridgehead atoms. The van der Waals surface area contributed by atoms with Crippen LogP contribution in [0.1, 0.15) is 38.2 Å². The molecule has 2 aliphatic rings. The Bertz CT molecular complexity index is 566. The van der Waals surface area contributed by atoms with E-state index in [9.17, 15) is 9.59 Å². The first-order chi connectivity index (χ1) is 11.1. The number of amides is 2. The number of piperidine rings is 1. The van der Waals surface area contributed by atoms with Gasteiger partial charge in [0.1, 0.15) is 0 Å². The van der Waals surface area contributed by atoms with E-state index in [1.165, 1.54) is 0 Å². The summed E-state index contributed by atoms with van der Waals surface area (Å²) in [5.74, 6) is 0.287. The molecule has 2 fully saturated rings. The van der Waals surface area contributed by atoms with Gasteiger partial charge in [0, 0.05) is 31.7 Å². The van der Waals surface area contributed by atoms with E-state index in [1.807, 2.05) is 29.2 Å². The lowest BCUT2D eigenvalue weighted by Crippen LogP contribution is -2.37. The number of anilines is 1. The number of carbonyl (C=O) groups is 2. The van der Waals surface area contributed by atoms with Crippen LogP contribution in [-0.2, 0) is 16.1 Å². The van der Waals surface area contributed by atoms with Crippen molar-refractivity contribution in [1.82, 2.24) is 10.2 Å². The molecule has 1 aromatic carbocycles. The predicted octanol–water partition coefficient (Wildman–Crippen LogP) is 2.56. The number of hydrogen-bond acceptors (Lipinski definition) is 3. The van der Waals surface area contributed by atoms with Crippen LogP contribution >= 0.6 is 12.4 Å². The van der Waals surface area contributed by atoms with Gasteiger partial charge in [-0.05, 0) is 49.9 Å². The molecular formula is C18H26ClN3O2. The van der Waals surface area contributed by atoms with Gasteiger partial charge in [0.05, 0.1) is 5.92 Å². The Labute approximate surface area is 149 Å². The molecule has 1 unspecified atom stereocenters. The number of hydrogen-bond donors (Lipinski definition) is 2. The summed E-state index contributed by atoms with van der Waals surface area (Å²) in [6.07, 6.45) is 4.23. The fourth-order valence-electron chi connectivity index (χ4n) is 3.09. The molecule has 1 aromatic rings. The van der Waals surface area contributed by atoms with Crippen LogP contribution in [0.4, 0.5) is 5.69 Å². The number of halogens is 1. The predicted molar refractivity (Wildman–Crippen MR) is 97.2 cm³/mol. The smallest absolute Gasteiger partial charge is 0.228 e. The van der Waals surface area contributed by atoms with E-state index < -0.39 is 0 Å². The van der Waals surface area contributed by atoms with Gasteiger partial charge in [-0.15, -0.1) is 12.4 Å². The Kier molecular flexibility index (Phi) is 6.63. The van der Waals surface area contributed by atoms with E-state index in [-0.39, 0.29) is 30.1 Å². The van der Waals surface area contributed by atoms with E-state index in [0.717, 1.165) is 50.0 Å². The zero-order valence-electron chi connectivity index (χ0n) is 14.1. The molecule has 0 aromatic heterocycles. The third kappa shape index (κ3) is 4.95. The fraction of sp³-hybridized carbons (Fsp3) is 0.556. The van der Waals surface area contributed by atoms with Gasteiger partial charge in [-0.25, -0.2) is 0 Å². The Morgan fingerprint density at radius 1 is 1.21 bits per heavy atom. The Balaban J connectivity index is 0.00000208. The van der Waals surface area contributed by atoms with Gasteiger partial charge >= 0.3 is 0 Å². The van der Waals surface area contributed by atoms with Crippen LogP contribution < -0.4 is 10.6 Å². The number of carbonyl (C=O) groups excluding carboxylic acids is 2. The Hall–Kier alpha value is -1.59. The molecule has 0 radical (unpaired) electrons. The summed E-state index contributed by atoms with van der Waals surface area (Å²) in [5.41, 5.74) is 1.93. The molecule has 24 heavy (non-hydrogen) atoms. The summed E-state index contributed by atoms with van der Waals surface area (Å²) in [4.78, 5) is 25.8. The monoisotopic (exact) mass is 351 g/mol. The zero-order valence-corrected chi connectivity index (χ0v) is 14.9. The molecule has 1 aliphatic heterocycles. The van der Waals surface area contributed by atoms with E-state index >= 15 is 0 Å². The number of benzene rings is 1. The molecule has 2 amide bonds. The molecule has 1 saturated carbocycles. The van der Waals surface area contributed by atoms with Crippen molar-refractivity contribution in [1.29, 1.82) is 0 Å². The fourth-order valence-corrected chi connectivity index (χ4v) is 3.09. The Morgan fingerprint density at radius 3 is 2.46 bits per heavy atom. The van der Waals surface area contributed by atoms with Crippen molar-refractivity contribution in [2.45, 2.75) is 45.2 Å². The van der Waals surface area contributed by atoms with Crippen LogP contribution in [0.3, 0.4) is 0 Å². The highest BCUT2D eigenvalue weighted by atomic mass is 35.5. The van der Waals surface area contributed by atoms with E-state index in [4.69, 9.17) is 0 Å². The second kappa shape index (κ2) is 8.49. The first kappa shape index (κ1) is 18.7. The second-order valence-corrected chi connectivity index (χ2v) is 6.61. The molecular weight excluding hydrogens is 326 g/mol. The molecule has 1 saturated heterocycles. The van der Waals surface area contributed by atoms with Crippen molar-refractivity contribution in [3.8, 4) is 0 Å². The molecule has 3 rings (SSSR count). The first-order valence-electron chi connectivity index (χ1n) is 8.51. The lowest BCUT2D eigenvalue weighted by molar-refractivity contribution is -0.130. The highest BCUT2D eigenvalue weighted by Gasteiger charge is 2.30. The van der Waals surface area contributed by atoms with Gasteiger partial charge in [0.15, 0.2) is 0 Å². The maximum Gasteiger partial charge on any atom is 0.228 e. The normalized spacial score (nSPS) is 20.0. The van der Waals surface area contributed by atoms with E-state index in [1.54, 1.807) is 6.92 Å². The first-order valence-corrected chi connectivity index (χ1v) is 8.51. The Morgan fingerprint density at radius 2 is 1.92 bits per heavy atom. The average Bonchev–Trinajstić information content (AvgIpc) is 3.39. The summed E-state index contributed by atoms with van der Waals surface area (Å²) in [6, 6.07) is 8.26. The van der Waals surface area contributed by atoms with Crippen LogP contribution in [0.25, 0.3) is 0 Å². The van der Waals surface area contributed by atoms with Crippen molar-refractivity contribution >= 4 is 29.9 Å². The SMILES string of the molecule is CC(=O)N(Cc1ccc(NC(=O)C2CCCNC2)cc1)C1CC1.Cl. The summed E-state index contributed by atoms with van der Waals surface area (Å²) < 4.78 is 0. The van der Waals surface area contributed by atoms with Crippen molar-refractivity contribution in [3.63, 3.8) is 0 Å². The third-order valence-electron chi connectivity index (χ3n) is 4.63. The van der Waals surface area contributed by atoms with Crippen LogP contribution in [0.5, 0.6) is 0 Å². The van der Waals surface area contributed by atoms with Crippen molar-refractivity contribution in [2.75, 3.05) is 18.4 Å². The lowest BCUT2D eigenvalue weighted by atomic mass is 9.99. The minimum Gasteiger partial charge on any atom is -0.336 e. The average molecular weight is 352 g/mol. The summed E-state index contributed by atoms with van der Waals surface area (Å²) in [7, 11) is 0. The number of nitrogens with zero attached hydrogens (tertiary/aromatic N) is 1. The highest BCUT2D eigenvalue weighted by Crippen LogP contribution is 2.28. The van der Waals surface area contributed by atoms with Gasteiger partial charge in [0.2, 0.25) is 11.8 Å². The molecule has 1 heterocycles. The lowest BCUT2D eigenvalue weighted by Gasteiger charge is -2.22. The third-order valence-corrected chi connectivity index (χ3v) is 4.63. The molecule has 132 valence electrons. The number of rotatable bonds is 5. The maximum atomic E-state index is 12.2. The van der Waals surface area contributed by atoms with E-state index in [2.05, 4.69) is 10.6 Å². The summed E-state index contributed by atoms with van der Waals surface area (Å²) >= 11 is 0. The van der Waals surface area contributed by atoms with Crippen molar-refractivity contribution in [2.24, 2.45) is 5.92 Å². The molecule has 5 nitrogen and oxygen atoms in total. The summed E-state index contributed by atoms with van der Waals surface area (Å²) in [5, 5.41) is 6.25. The van der Waals surface area contributed by atoms with Gasteiger partial charge < -0.3 is 15.5 Å². The van der Waals surface area contributed by atoms with Gasteiger partial charge in [0.25, 0.3) is 0 Å². The second-order valence-electron chi connectivity index (χ2n) is 6.61. The minimum atomic E-state index is 0.